The average molecular weight is 214 g/mol. The minimum Gasteiger partial charge on any atom is -0.481 e. The van der Waals surface area contributed by atoms with Crippen LogP contribution < -0.4 is 11.5 Å². The summed E-state index contributed by atoms with van der Waals surface area (Å²) in [6, 6.07) is 1.45. The van der Waals surface area contributed by atoms with Crippen LogP contribution in [0.15, 0.2) is 11.2 Å². The lowest BCUT2D eigenvalue weighted by Crippen LogP contribution is -2.01. The highest BCUT2D eigenvalue weighted by molar-refractivity contribution is 7.99. The zero-order chi connectivity index (χ0) is 10.6. The molecule has 14 heavy (non-hydrogen) atoms. The molecule has 76 valence electrons. The normalized spacial score (nSPS) is 10.0. The van der Waals surface area contributed by atoms with Crippen molar-refractivity contribution in [1.29, 1.82) is 0 Å². The number of nitrogen functional groups attached to an aromatic ring is 2. The molecule has 6 nitrogen and oxygen atoms in total. The SMILES string of the molecule is Nc1cc(N)nc(SCCC(=O)O)n1. The van der Waals surface area contributed by atoms with Crippen molar-refractivity contribution in [2.24, 2.45) is 0 Å². The van der Waals surface area contributed by atoms with E-state index in [4.69, 9.17) is 16.6 Å². The Bertz CT molecular complexity index is 324. The summed E-state index contributed by atoms with van der Waals surface area (Å²) >= 11 is 1.21. The van der Waals surface area contributed by atoms with Gasteiger partial charge in [0.05, 0.1) is 6.42 Å². The van der Waals surface area contributed by atoms with E-state index in [1.165, 1.54) is 17.8 Å². The van der Waals surface area contributed by atoms with Crippen LogP contribution in [-0.2, 0) is 4.79 Å². The van der Waals surface area contributed by atoms with Crippen LogP contribution in [0.4, 0.5) is 11.6 Å². The van der Waals surface area contributed by atoms with E-state index in [9.17, 15) is 4.79 Å². The highest BCUT2D eigenvalue weighted by Crippen LogP contribution is 2.16. The van der Waals surface area contributed by atoms with Gasteiger partial charge in [0.2, 0.25) is 0 Å². The molecule has 0 spiro atoms. The molecule has 0 radical (unpaired) electrons. The van der Waals surface area contributed by atoms with Gasteiger partial charge >= 0.3 is 5.97 Å². The Morgan fingerprint density at radius 2 is 2.00 bits per heavy atom. The molecule has 0 fully saturated rings. The first-order valence-corrected chi connectivity index (χ1v) is 4.81. The summed E-state index contributed by atoms with van der Waals surface area (Å²) in [7, 11) is 0. The molecule has 7 heteroatoms. The van der Waals surface area contributed by atoms with Crippen molar-refractivity contribution in [2.75, 3.05) is 17.2 Å². The zero-order valence-electron chi connectivity index (χ0n) is 7.30. The van der Waals surface area contributed by atoms with Crippen molar-refractivity contribution in [1.82, 2.24) is 9.97 Å². The van der Waals surface area contributed by atoms with E-state index in [1.54, 1.807) is 0 Å². The van der Waals surface area contributed by atoms with Gasteiger partial charge in [-0.1, -0.05) is 11.8 Å². The van der Waals surface area contributed by atoms with Gasteiger partial charge in [0, 0.05) is 11.8 Å². The van der Waals surface area contributed by atoms with E-state index in [-0.39, 0.29) is 18.1 Å². The Morgan fingerprint density at radius 3 is 2.50 bits per heavy atom. The van der Waals surface area contributed by atoms with Crippen molar-refractivity contribution >= 4 is 29.4 Å². The van der Waals surface area contributed by atoms with Crippen LogP contribution in [0.1, 0.15) is 6.42 Å². The number of aromatic nitrogens is 2. The first kappa shape index (κ1) is 10.6. The van der Waals surface area contributed by atoms with Crippen LogP contribution in [0.3, 0.4) is 0 Å². The van der Waals surface area contributed by atoms with Crippen molar-refractivity contribution in [3.63, 3.8) is 0 Å². The molecule has 0 aliphatic carbocycles. The van der Waals surface area contributed by atoms with Gasteiger partial charge in [0.25, 0.3) is 0 Å². The third-order valence-electron chi connectivity index (χ3n) is 1.29. The third-order valence-corrected chi connectivity index (χ3v) is 2.14. The predicted molar refractivity (Wildman–Crippen MR) is 53.8 cm³/mol. The van der Waals surface area contributed by atoms with Gasteiger partial charge in [-0.15, -0.1) is 0 Å². The summed E-state index contributed by atoms with van der Waals surface area (Å²) in [5.41, 5.74) is 10.9. The Hall–Kier alpha value is -1.50. The predicted octanol–water partition coefficient (Wildman–Crippen LogP) is 0.208. The number of aliphatic carboxylic acids is 1. The lowest BCUT2D eigenvalue weighted by Gasteiger charge is -2.00. The molecule has 0 amide bonds. The van der Waals surface area contributed by atoms with Crippen molar-refractivity contribution < 1.29 is 9.90 Å². The molecule has 0 saturated heterocycles. The minimum absolute atomic E-state index is 0.0583. The molecule has 1 heterocycles. The average Bonchev–Trinajstić information content (AvgIpc) is 2.01. The summed E-state index contributed by atoms with van der Waals surface area (Å²) in [6.45, 7) is 0. The van der Waals surface area contributed by atoms with Crippen LogP contribution in [0.2, 0.25) is 0 Å². The molecule has 0 atom stereocenters. The third kappa shape index (κ3) is 3.48. The van der Waals surface area contributed by atoms with E-state index in [0.29, 0.717) is 10.9 Å². The van der Waals surface area contributed by atoms with E-state index in [2.05, 4.69) is 9.97 Å². The summed E-state index contributed by atoms with van der Waals surface area (Å²) in [5.74, 6) is 0.123. The van der Waals surface area contributed by atoms with Crippen molar-refractivity contribution in [3.8, 4) is 0 Å². The van der Waals surface area contributed by atoms with Gasteiger partial charge < -0.3 is 16.6 Å². The summed E-state index contributed by atoms with van der Waals surface area (Å²) < 4.78 is 0. The molecule has 1 rings (SSSR count). The second kappa shape index (κ2) is 4.66. The van der Waals surface area contributed by atoms with E-state index in [0.717, 1.165) is 0 Å². The molecule has 0 unspecified atom stereocenters. The lowest BCUT2D eigenvalue weighted by atomic mass is 10.5. The number of hydrogen-bond acceptors (Lipinski definition) is 6. The summed E-state index contributed by atoms with van der Waals surface area (Å²) in [6.07, 6.45) is 0.0583. The fraction of sp³-hybridized carbons (Fsp3) is 0.286. The molecular formula is C7H10N4O2S. The molecule has 0 bridgehead atoms. The Labute approximate surface area is 84.7 Å². The maximum absolute atomic E-state index is 10.2. The number of hydrogen-bond donors (Lipinski definition) is 3. The lowest BCUT2D eigenvalue weighted by molar-refractivity contribution is -0.136. The van der Waals surface area contributed by atoms with Crippen LogP contribution >= 0.6 is 11.8 Å². The summed E-state index contributed by atoms with van der Waals surface area (Å²) in [5, 5.41) is 8.80. The van der Waals surface area contributed by atoms with Crippen molar-refractivity contribution in [2.45, 2.75) is 11.6 Å². The standard InChI is InChI=1S/C7H10N4O2S/c8-4-3-5(9)11-7(10-4)14-2-1-6(12)13/h3H,1-2H2,(H,12,13)(H4,8,9,10,11). The second-order valence-electron chi connectivity index (χ2n) is 2.49. The number of thioether (sulfide) groups is 1. The number of carboxylic acid groups (broad SMARTS) is 1. The van der Waals surface area contributed by atoms with Gasteiger partial charge in [-0.05, 0) is 0 Å². The van der Waals surface area contributed by atoms with Crippen LogP contribution in [-0.4, -0.2) is 26.8 Å². The zero-order valence-corrected chi connectivity index (χ0v) is 8.12. The van der Waals surface area contributed by atoms with E-state index >= 15 is 0 Å². The largest absolute Gasteiger partial charge is 0.481 e. The monoisotopic (exact) mass is 214 g/mol. The molecule has 1 aromatic heterocycles. The Morgan fingerprint density at radius 1 is 1.43 bits per heavy atom. The number of anilines is 2. The first-order chi connectivity index (χ1) is 6.58. The Kier molecular flexibility index (Phi) is 3.52. The number of carbonyl (C=O) groups is 1. The maximum Gasteiger partial charge on any atom is 0.304 e. The highest BCUT2D eigenvalue weighted by Gasteiger charge is 2.03. The quantitative estimate of drug-likeness (QED) is 0.484. The van der Waals surface area contributed by atoms with Crippen LogP contribution in [0.5, 0.6) is 0 Å². The maximum atomic E-state index is 10.2. The van der Waals surface area contributed by atoms with E-state index in [1.807, 2.05) is 0 Å². The van der Waals surface area contributed by atoms with Gasteiger partial charge in [-0.3, -0.25) is 4.79 Å². The topological polar surface area (TPSA) is 115 Å². The number of rotatable bonds is 4. The van der Waals surface area contributed by atoms with Gasteiger partial charge in [-0.25, -0.2) is 9.97 Å². The molecule has 0 aromatic carbocycles. The van der Waals surface area contributed by atoms with Crippen LogP contribution in [0, 0.1) is 0 Å². The minimum atomic E-state index is -0.852. The molecule has 5 N–H and O–H groups in total. The molecule has 0 aliphatic heterocycles. The first-order valence-electron chi connectivity index (χ1n) is 3.82. The van der Waals surface area contributed by atoms with Gasteiger partial charge in [0.15, 0.2) is 5.16 Å². The number of carboxylic acids is 1. The Balaban J connectivity index is 2.54. The molecular weight excluding hydrogens is 204 g/mol. The number of nitrogens with zero attached hydrogens (tertiary/aromatic N) is 2. The smallest absolute Gasteiger partial charge is 0.304 e. The molecule has 1 aromatic rings. The van der Waals surface area contributed by atoms with Gasteiger partial charge in [0.1, 0.15) is 11.6 Å². The number of nitrogens with two attached hydrogens (primary N) is 2. The molecule has 0 saturated carbocycles. The molecule has 0 aliphatic rings. The van der Waals surface area contributed by atoms with Crippen molar-refractivity contribution in [3.05, 3.63) is 6.07 Å². The fourth-order valence-electron chi connectivity index (χ4n) is 0.756. The van der Waals surface area contributed by atoms with Crippen LogP contribution in [0.25, 0.3) is 0 Å². The summed E-state index contributed by atoms with van der Waals surface area (Å²) in [4.78, 5) is 18.0. The van der Waals surface area contributed by atoms with E-state index < -0.39 is 5.97 Å². The highest BCUT2D eigenvalue weighted by atomic mass is 32.2. The fourth-order valence-corrected chi connectivity index (χ4v) is 1.56. The second-order valence-corrected chi connectivity index (χ2v) is 3.55. The van der Waals surface area contributed by atoms with Gasteiger partial charge in [-0.2, -0.15) is 0 Å².